The monoisotopic (exact) mass is 270 g/mol. The highest BCUT2D eigenvalue weighted by molar-refractivity contribution is 5.79. The topological polar surface area (TPSA) is 32.3 Å². The van der Waals surface area contributed by atoms with E-state index in [1.165, 1.54) is 5.57 Å². The fourth-order valence-corrected chi connectivity index (χ4v) is 1.34. The molecule has 0 unspecified atom stereocenters. The molecular weight excluding hydrogens is 236 g/mol. The molecule has 2 amide bonds. The van der Waals surface area contributed by atoms with Gasteiger partial charge in [-0.3, -0.25) is 0 Å². The first kappa shape index (κ1) is 22.9. The van der Waals surface area contributed by atoms with Crippen molar-refractivity contribution in [1.82, 2.24) is 10.2 Å². The van der Waals surface area contributed by atoms with Crippen molar-refractivity contribution in [3.8, 4) is 0 Å². The molecule has 0 aromatic carbocycles. The summed E-state index contributed by atoms with van der Waals surface area (Å²) in [5, 5.41) is 2.85. The van der Waals surface area contributed by atoms with Gasteiger partial charge in [0, 0.05) is 19.3 Å². The van der Waals surface area contributed by atoms with E-state index in [0.717, 1.165) is 12.1 Å². The largest absolute Gasteiger partial charge is 0.323 e. The number of hydrogen-bond donors (Lipinski definition) is 1. The molecule has 19 heavy (non-hydrogen) atoms. The Labute approximate surface area is 120 Å². The Morgan fingerprint density at radius 1 is 1.16 bits per heavy atom. The molecular formula is C16H34N2O. The van der Waals surface area contributed by atoms with Crippen molar-refractivity contribution in [3.63, 3.8) is 0 Å². The molecule has 0 aromatic rings. The number of carbonyl (C=O) groups excluding carboxylic acids is 1. The lowest BCUT2D eigenvalue weighted by atomic mass is 10.1. The van der Waals surface area contributed by atoms with Gasteiger partial charge in [-0.2, -0.15) is 0 Å². The molecule has 0 bridgehead atoms. The van der Waals surface area contributed by atoms with Gasteiger partial charge in [0.15, 0.2) is 0 Å². The molecule has 0 aromatic heterocycles. The minimum absolute atomic E-state index is 0.0229. The lowest BCUT2D eigenvalue weighted by Gasteiger charge is -2.27. The Hall–Kier alpha value is -1.25. The van der Waals surface area contributed by atoms with E-state index in [1.54, 1.807) is 11.9 Å². The molecule has 1 N–H and O–H groups in total. The Morgan fingerprint density at radius 2 is 1.63 bits per heavy atom. The van der Waals surface area contributed by atoms with Crippen LogP contribution in [0.5, 0.6) is 0 Å². The van der Waals surface area contributed by atoms with Crippen molar-refractivity contribution in [1.29, 1.82) is 0 Å². The smallest absolute Gasteiger partial charge is 0.321 e. The molecule has 1 saturated heterocycles. The number of rotatable bonds is 1. The van der Waals surface area contributed by atoms with Gasteiger partial charge < -0.3 is 10.2 Å². The van der Waals surface area contributed by atoms with Gasteiger partial charge in [-0.1, -0.05) is 60.6 Å². The third kappa shape index (κ3) is 9.34. The summed E-state index contributed by atoms with van der Waals surface area (Å²) < 4.78 is 0. The van der Waals surface area contributed by atoms with Crippen LogP contribution < -0.4 is 5.32 Å². The van der Waals surface area contributed by atoms with Crippen molar-refractivity contribution in [3.05, 3.63) is 23.4 Å². The van der Waals surface area contributed by atoms with Crippen LogP contribution >= 0.6 is 0 Å². The molecule has 0 spiro atoms. The highest BCUT2D eigenvalue weighted by Gasteiger charge is 2.20. The predicted octanol–water partition coefficient (Wildman–Crippen LogP) is 4.96. The maximum absolute atomic E-state index is 11.3. The summed E-state index contributed by atoms with van der Waals surface area (Å²) in [4.78, 5) is 13.0. The molecule has 1 aliphatic rings. The van der Waals surface area contributed by atoms with Crippen LogP contribution in [0.3, 0.4) is 0 Å². The van der Waals surface area contributed by atoms with Crippen molar-refractivity contribution in [2.24, 2.45) is 0 Å². The van der Waals surface area contributed by atoms with Crippen LogP contribution in [-0.4, -0.2) is 24.5 Å². The van der Waals surface area contributed by atoms with E-state index in [0.29, 0.717) is 6.54 Å². The zero-order chi connectivity index (χ0) is 15.8. The van der Waals surface area contributed by atoms with Crippen LogP contribution in [0.25, 0.3) is 0 Å². The highest BCUT2D eigenvalue weighted by atomic mass is 16.2. The normalized spacial score (nSPS) is 17.3. The molecule has 1 aliphatic heterocycles. The summed E-state index contributed by atoms with van der Waals surface area (Å²) >= 11 is 0. The predicted molar refractivity (Wildman–Crippen MR) is 87.3 cm³/mol. The molecule has 1 rings (SSSR count). The van der Waals surface area contributed by atoms with Gasteiger partial charge in [0.25, 0.3) is 0 Å². The average Bonchev–Trinajstić information content (AvgIpc) is 2.49. The summed E-state index contributed by atoms with van der Waals surface area (Å²) in [5.41, 5.74) is 2.15. The van der Waals surface area contributed by atoms with E-state index in [-0.39, 0.29) is 6.03 Å². The first-order valence-electron chi connectivity index (χ1n) is 7.56. The Kier molecular flexibility index (Phi) is 20.2. The standard InChI is InChI=1S/C10H16N2O.3C2H6/c1-4-6-9-8(5-2)7-12(3)10(13)11-9;3*1-2/h5-6H,4,7H2,1-3H3,(H,11,13);3*1-2H3/b8-5-,9-6+;;;. The molecule has 1 heterocycles. The number of amides is 2. The quantitative estimate of drug-likeness (QED) is 0.717. The Bertz CT molecular complexity index is 268. The third-order valence-electron chi connectivity index (χ3n) is 2.10. The minimum atomic E-state index is -0.0229. The van der Waals surface area contributed by atoms with Crippen LogP contribution in [0.15, 0.2) is 23.4 Å². The highest BCUT2D eigenvalue weighted by Crippen LogP contribution is 2.14. The Balaban J connectivity index is -0.000000375. The summed E-state index contributed by atoms with van der Waals surface area (Å²) in [7, 11) is 1.79. The van der Waals surface area contributed by atoms with Gasteiger partial charge >= 0.3 is 6.03 Å². The van der Waals surface area contributed by atoms with Crippen molar-refractivity contribution >= 4 is 6.03 Å². The summed E-state index contributed by atoms with van der Waals surface area (Å²) in [5.74, 6) is 0. The minimum Gasteiger partial charge on any atom is -0.323 e. The lowest BCUT2D eigenvalue weighted by Crippen LogP contribution is -2.44. The van der Waals surface area contributed by atoms with Gasteiger partial charge in [-0.15, -0.1) is 0 Å². The second-order valence-corrected chi connectivity index (χ2v) is 3.13. The Morgan fingerprint density at radius 3 is 2.00 bits per heavy atom. The van der Waals surface area contributed by atoms with Crippen molar-refractivity contribution in [2.45, 2.75) is 61.8 Å². The number of nitrogens with zero attached hydrogens (tertiary/aromatic N) is 1. The van der Waals surface area contributed by atoms with E-state index in [9.17, 15) is 4.79 Å². The number of allylic oxidation sites excluding steroid dienone is 2. The van der Waals surface area contributed by atoms with Crippen LogP contribution in [0, 0.1) is 0 Å². The molecule has 0 aliphatic carbocycles. The van der Waals surface area contributed by atoms with E-state index < -0.39 is 0 Å². The fourth-order valence-electron chi connectivity index (χ4n) is 1.34. The average molecular weight is 270 g/mol. The molecule has 0 atom stereocenters. The first-order chi connectivity index (χ1) is 9.19. The zero-order valence-electron chi connectivity index (χ0n) is 14.4. The van der Waals surface area contributed by atoms with E-state index in [2.05, 4.69) is 12.2 Å². The SMILES string of the molecule is C/C=C1/CN(C)C(=O)N/C1=C/CC.CC.CC.CC. The van der Waals surface area contributed by atoms with E-state index in [4.69, 9.17) is 0 Å². The summed E-state index contributed by atoms with van der Waals surface area (Å²) in [6.07, 6.45) is 5.02. The van der Waals surface area contributed by atoms with Crippen LogP contribution in [0.1, 0.15) is 61.8 Å². The third-order valence-corrected chi connectivity index (χ3v) is 2.10. The summed E-state index contributed by atoms with van der Waals surface area (Å²) in [6, 6.07) is -0.0229. The molecule has 3 nitrogen and oxygen atoms in total. The molecule has 0 saturated carbocycles. The molecule has 114 valence electrons. The van der Waals surface area contributed by atoms with Gasteiger partial charge in [-0.05, 0) is 18.9 Å². The van der Waals surface area contributed by atoms with Gasteiger partial charge in [0.1, 0.15) is 0 Å². The van der Waals surface area contributed by atoms with Gasteiger partial charge in [0.2, 0.25) is 0 Å². The number of likely N-dealkylation sites (N-methyl/N-ethyl adjacent to an activating group) is 1. The van der Waals surface area contributed by atoms with Gasteiger partial charge in [-0.25, -0.2) is 4.79 Å². The van der Waals surface area contributed by atoms with Crippen molar-refractivity contribution in [2.75, 3.05) is 13.6 Å². The number of nitrogens with one attached hydrogen (secondary N) is 1. The van der Waals surface area contributed by atoms with Crippen LogP contribution in [0.4, 0.5) is 4.79 Å². The number of urea groups is 1. The maximum Gasteiger partial charge on any atom is 0.321 e. The fraction of sp³-hybridized carbons (Fsp3) is 0.688. The van der Waals surface area contributed by atoms with Gasteiger partial charge in [0.05, 0.1) is 0 Å². The second kappa shape index (κ2) is 16.8. The van der Waals surface area contributed by atoms with E-state index >= 15 is 0 Å². The van der Waals surface area contributed by atoms with Crippen molar-refractivity contribution < 1.29 is 4.79 Å². The van der Waals surface area contributed by atoms with Crippen LogP contribution in [0.2, 0.25) is 0 Å². The zero-order valence-corrected chi connectivity index (χ0v) is 14.4. The molecule has 1 fully saturated rings. The molecule has 3 heteroatoms. The maximum atomic E-state index is 11.3. The lowest BCUT2D eigenvalue weighted by molar-refractivity contribution is 0.211. The second-order valence-electron chi connectivity index (χ2n) is 3.13. The first-order valence-corrected chi connectivity index (χ1v) is 7.56. The molecule has 0 radical (unpaired) electrons. The number of carbonyl (C=O) groups is 1. The van der Waals surface area contributed by atoms with Crippen LogP contribution in [-0.2, 0) is 0 Å². The number of hydrogen-bond acceptors (Lipinski definition) is 1. The van der Waals surface area contributed by atoms with E-state index in [1.807, 2.05) is 60.6 Å². The summed E-state index contributed by atoms with van der Waals surface area (Å²) in [6.45, 7) is 16.8.